The summed E-state index contributed by atoms with van der Waals surface area (Å²) in [5.41, 5.74) is 0.516. The molecule has 3 heterocycles. The minimum Gasteiger partial charge on any atom is -0.374 e. The minimum absolute atomic E-state index is 0.258. The predicted octanol–water partition coefficient (Wildman–Crippen LogP) is 2.42. The molecule has 0 radical (unpaired) electrons. The molecule has 1 aliphatic heterocycles. The fourth-order valence-corrected chi connectivity index (χ4v) is 2.67. The van der Waals surface area contributed by atoms with Crippen molar-refractivity contribution in [2.24, 2.45) is 0 Å². The lowest BCUT2D eigenvalue weighted by Gasteiger charge is -2.37. The maximum absolute atomic E-state index is 12.6. The van der Waals surface area contributed by atoms with Gasteiger partial charge >= 0.3 is 6.03 Å². The fourth-order valence-electron chi connectivity index (χ4n) is 2.49. The molecule has 0 bridgehead atoms. The number of aryl methyl sites for hydroxylation is 1. The van der Waals surface area contributed by atoms with E-state index >= 15 is 0 Å². The molecule has 2 atom stereocenters. The number of carbonyl (C=O) groups excluding carboxylic acids is 1. The molecule has 0 saturated carbocycles. The molecule has 1 N–H and O–H groups in total. The Bertz CT molecular complexity index is 707. The second kappa shape index (κ2) is 6.51. The Hall–Kier alpha value is -2.19. The number of morpholine rings is 1. The number of nitrogens with one attached hydrogen (secondary N) is 1. The lowest BCUT2D eigenvalue weighted by molar-refractivity contribution is -0.0525. The van der Waals surface area contributed by atoms with Crippen molar-refractivity contribution in [2.75, 3.05) is 18.5 Å². The van der Waals surface area contributed by atoms with Crippen LogP contribution in [-0.4, -0.2) is 45.3 Å². The molecule has 3 rings (SSSR count). The molecule has 9 heteroatoms. The van der Waals surface area contributed by atoms with Crippen LogP contribution in [-0.2, 0) is 4.74 Å². The second-order valence-corrected chi connectivity index (χ2v) is 5.65. The molecule has 0 spiro atoms. The molecule has 0 aliphatic carbocycles. The number of carbonyl (C=O) groups is 1. The molecule has 2 aromatic rings. The third-order valence-corrected chi connectivity index (χ3v) is 3.71. The quantitative estimate of drug-likeness (QED) is 0.904. The van der Waals surface area contributed by atoms with Crippen LogP contribution in [0.15, 0.2) is 23.0 Å². The average molecular weight is 338 g/mol. The first-order valence-corrected chi connectivity index (χ1v) is 7.52. The number of nitrogens with zero attached hydrogens (tertiary/aromatic N) is 4. The minimum atomic E-state index is -0.447. The van der Waals surface area contributed by atoms with Crippen LogP contribution in [0.2, 0.25) is 5.02 Å². The van der Waals surface area contributed by atoms with Crippen LogP contribution in [0.1, 0.15) is 24.7 Å². The first kappa shape index (κ1) is 15.7. The normalized spacial score (nSPS) is 21.3. The van der Waals surface area contributed by atoms with E-state index in [9.17, 15) is 4.79 Å². The van der Waals surface area contributed by atoms with Gasteiger partial charge in [0.15, 0.2) is 5.82 Å². The van der Waals surface area contributed by atoms with E-state index in [1.807, 2.05) is 6.92 Å². The van der Waals surface area contributed by atoms with Gasteiger partial charge in [-0.15, -0.1) is 0 Å². The van der Waals surface area contributed by atoms with Gasteiger partial charge in [0.25, 0.3) is 5.89 Å². The van der Waals surface area contributed by atoms with Gasteiger partial charge in [0.1, 0.15) is 6.04 Å². The highest BCUT2D eigenvalue weighted by Gasteiger charge is 2.37. The number of amides is 2. The monoisotopic (exact) mass is 337 g/mol. The average Bonchev–Trinajstić information content (AvgIpc) is 2.93. The molecule has 23 heavy (non-hydrogen) atoms. The number of rotatable bonds is 2. The summed E-state index contributed by atoms with van der Waals surface area (Å²) >= 11 is 5.88. The molecule has 1 saturated heterocycles. The first-order chi connectivity index (χ1) is 11.0. The summed E-state index contributed by atoms with van der Waals surface area (Å²) in [5, 5.41) is 7.01. The number of hydrogen-bond acceptors (Lipinski definition) is 6. The van der Waals surface area contributed by atoms with Crippen molar-refractivity contribution >= 4 is 23.3 Å². The van der Waals surface area contributed by atoms with Crippen molar-refractivity contribution in [3.63, 3.8) is 0 Å². The van der Waals surface area contributed by atoms with Gasteiger partial charge < -0.3 is 19.5 Å². The molecule has 1 aliphatic rings. The number of urea groups is 1. The van der Waals surface area contributed by atoms with Crippen LogP contribution >= 0.6 is 11.6 Å². The van der Waals surface area contributed by atoms with E-state index in [1.165, 1.54) is 12.4 Å². The van der Waals surface area contributed by atoms with E-state index in [0.29, 0.717) is 35.6 Å². The molecule has 0 unspecified atom stereocenters. The highest BCUT2D eigenvalue weighted by molar-refractivity contribution is 6.30. The van der Waals surface area contributed by atoms with Gasteiger partial charge in [-0.25, -0.2) is 4.79 Å². The topological polar surface area (TPSA) is 93.4 Å². The van der Waals surface area contributed by atoms with Crippen LogP contribution < -0.4 is 5.32 Å². The molecule has 122 valence electrons. The van der Waals surface area contributed by atoms with Crippen LogP contribution in [0.25, 0.3) is 0 Å². The highest BCUT2D eigenvalue weighted by atomic mass is 35.5. The lowest BCUT2D eigenvalue weighted by Crippen LogP contribution is -2.49. The summed E-state index contributed by atoms with van der Waals surface area (Å²) in [7, 11) is 0. The van der Waals surface area contributed by atoms with Gasteiger partial charge in [0.2, 0.25) is 0 Å². The van der Waals surface area contributed by atoms with E-state index in [-0.39, 0.29) is 12.1 Å². The maximum atomic E-state index is 12.6. The molecule has 8 nitrogen and oxygen atoms in total. The van der Waals surface area contributed by atoms with Gasteiger partial charge in [-0.1, -0.05) is 16.8 Å². The van der Waals surface area contributed by atoms with E-state index in [4.69, 9.17) is 20.9 Å². The number of pyridine rings is 1. The van der Waals surface area contributed by atoms with E-state index < -0.39 is 6.04 Å². The smallest absolute Gasteiger partial charge is 0.322 e. The second-order valence-electron chi connectivity index (χ2n) is 5.22. The van der Waals surface area contributed by atoms with Crippen molar-refractivity contribution in [3.05, 3.63) is 35.2 Å². The fraction of sp³-hybridized carbons (Fsp3) is 0.429. The van der Waals surface area contributed by atoms with Crippen LogP contribution in [0.3, 0.4) is 0 Å². The summed E-state index contributed by atoms with van der Waals surface area (Å²) in [6.07, 6.45) is 2.77. The van der Waals surface area contributed by atoms with Crippen molar-refractivity contribution in [2.45, 2.75) is 26.0 Å². The first-order valence-electron chi connectivity index (χ1n) is 7.14. The molecule has 0 aromatic carbocycles. The summed E-state index contributed by atoms with van der Waals surface area (Å²) in [5.74, 6) is 0.867. The SMILES string of the molecule is Cc1noc([C@@H]2[C@@H](C)OCCN2C(=O)Nc2cncc(Cl)c2)n1. The Kier molecular flexibility index (Phi) is 4.44. The Morgan fingerprint density at radius 3 is 3.00 bits per heavy atom. The summed E-state index contributed by atoms with van der Waals surface area (Å²) in [4.78, 5) is 22.4. The van der Waals surface area contributed by atoms with E-state index in [0.717, 1.165) is 0 Å². The number of ether oxygens (including phenoxy) is 1. The Morgan fingerprint density at radius 2 is 2.30 bits per heavy atom. The van der Waals surface area contributed by atoms with Crippen molar-refractivity contribution in [3.8, 4) is 0 Å². The maximum Gasteiger partial charge on any atom is 0.322 e. The molecular weight excluding hydrogens is 322 g/mol. The lowest BCUT2D eigenvalue weighted by atomic mass is 10.1. The molecule has 2 amide bonds. The summed E-state index contributed by atoms with van der Waals surface area (Å²) in [6, 6.07) is 0.879. The largest absolute Gasteiger partial charge is 0.374 e. The number of hydrogen-bond donors (Lipinski definition) is 1. The van der Waals surface area contributed by atoms with Gasteiger partial charge in [-0.3, -0.25) is 4.98 Å². The third-order valence-electron chi connectivity index (χ3n) is 3.51. The van der Waals surface area contributed by atoms with E-state index in [2.05, 4.69) is 20.4 Å². The van der Waals surface area contributed by atoms with Gasteiger partial charge in [0, 0.05) is 12.7 Å². The van der Waals surface area contributed by atoms with Crippen molar-refractivity contribution < 1.29 is 14.1 Å². The Morgan fingerprint density at radius 1 is 1.48 bits per heavy atom. The zero-order valence-electron chi connectivity index (χ0n) is 12.7. The van der Waals surface area contributed by atoms with Crippen LogP contribution in [0.5, 0.6) is 0 Å². The van der Waals surface area contributed by atoms with Gasteiger partial charge in [0.05, 0.1) is 29.6 Å². The molecule has 1 fully saturated rings. The summed E-state index contributed by atoms with van der Waals surface area (Å²) < 4.78 is 10.8. The van der Waals surface area contributed by atoms with E-state index in [1.54, 1.807) is 17.9 Å². The molecular formula is C14H16ClN5O3. The Balaban J connectivity index is 1.81. The summed E-state index contributed by atoms with van der Waals surface area (Å²) in [6.45, 7) is 4.44. The zero-order chi connectivity index (χ0) is 16.4. The van der Waals surface area contributed by atoms with Gasteiger partial charge in [-0.2, -0.15) is 4.98 Å². The van der Waals surface area contributed by atoms with Gasteiger partial charge in [-0.05, 0) is 19.9 Å². The van der Waals surface area contributed by atoms with Crippen LogP contribution in [0, 0.1) is 6.92 Å². The Labute approximate surface area is 137 Å². The van der Waals surface area contributed by atoms with Crippen molar-refractivity contribution in [1.82, 2.24) is 20.0 Å². The number of halogens is 1. The molecule has 2 aromatic heterocycles. The standard InChI is InChI=1S/C14H16ClN5O3/c1-8-12(13-17-9(2)19-23-13)20(3-4-22-8)14(21)18-11-5-10(15)6-16-7-11/h5-8,12H,3-4H2,1-2H3,(H,18,21)/t8-,12+/m1/s1. The number of anilines is 1. The predicted molar refractivity (Wildman–Crippen MR) is 82.2 cm³/mol. The number of aromatic nitrogens is 3. The highest BCUT2D eigenvalue weighted by Crippen LogP contribution is 2.29. The zero-order valence-corrected chi connectivity index (χ0v) is 13.4. The van der Waals surface area contributed by atoms with Crippen molar-refractivity contribution in [1.29, 1.82) is 0 Å². The third kappa shape index (κ3) is 3.43. The van der Waals surface area contributed by atoms with Crippen LogP contribution in [0.4, 0.5) is 10.5 Å².